The van der Waals surface area contributed by atoms with Crippen molar-refractivity contribution >= 4 is 28.6 Å². The number of carbonyl (C=O) groups excluding carboxylic acids is 2. The molecule has 2 aromatic rings. The largest absolute Gasteiger partial charge is 0.458 e. The molecule has 0 radical (unpaired) electrons. The molecule has 5 nitrogen and oxygen atoms in total. The van der Waals surface area contributed by atoms with E-state index in [4.69, 9.17) is 0 Å². The van der Waals surface area contributed by atoms with Gasteiger partial charge in [0.1, 0.15) is 5.82 Å². The van der Waals surface area contributed by atoms with Gasteiger partial charge in [0.05, 0.1) is 5.69 Å². The molecule has 0 amide bonds. The first-order valence-corrected chi connectivity index (χ1v) is 11.6. The summed E-state index contributed by atoms with van der Waals surface area (Å²) >= 11 is 0. The highest BCUT2D eigenvalue weighted by atomic mass is 19.4. The predicted molar refractivity (Wildman–Crippen MR) is 123 cm³/mol. The van der Waals surface area contributed by atoms with E-state index in [-0.39, 0.29) is 5.82 Å². The van der Waals surface area contributed by atoms with E-state index in [9.17, 15) is 40.3 Å². The van der Waals surface area contributed by atoms with Crippen LogP contribution in [-0.2, 0) is 16.0 Å². The predicted octanol–water partition coefficient (Wildman–Crippen LogP) is 5.20. The number of benzene rings is 2. The zero-order valence-electron chi connectivity index (χ0n) is 19.7. The minimum absolute atomic E-state index is 0.195. The third kappa shape index (κ3) is 5.73. The van der Waals surface area contributed by atoms with Crippen LogP contribution in [0.15, 0.2) is 30.3 Å². The fourth-order valence-electron chi connectivity index (χ4n) is 5.12. The summed E-state index contributed by atoms with van der Waals surface area (Å²) in [6.45, 7) is 6.51. The summed E-state index contributed by atoms with van der Waals surface area (Å²) in [7, 11) is 0. The lowest BCUT2D eigenvalue weighted by molar-refractivity contribution is -0.193. The van der Waals surface area contributed by atoms with Crippen LogP contribution in [0.3, 0.4) is 0 Å². The Morgan fingerprint density at radius 2 is 1.68 bits per heavy atom. The Labute approximate surface area is 208 Å². The average Bonchev–Trinajstić information content (AvgIpc) is 3.29. The number of carbonyl (C=O) groups is 2. The Kier molecular flexibility index (Phi) is 7.24. The van der Waals surface area contributed by atoms with E-state index in [0.29, 0.717) is 17.5 Å². The number of fused-ring (bicyclic) bond motifs is 2. The Morgan fingerprint density at radius 1 is 1.00 bits per heavy atom. The van der Waals surface area contributed by atoms with Gasteiger partial charge in [0, 0.05) is 43.5 Å². The number of anilines is 3. The molecule has 0 saturated carbocycles. The molecular formula is C25H24F7N3O2. The normalized spacial score (nSPS) is 20.4. The first-order valence-electron chi connectivity index (χ1n) is 11.6. The van der Waals surface area contributed by atoms with Gasteiger partial charge >= 0.3 is 23.9 Å². The number of alkyl halides is 6. The molecule has 5 rings (SSSR count). The Balaban J connectivity index is 0.000000229. The van der Waals surface area contributed by atoms with Gasteiger partial charge in [-0.3, -0.25) is 9.59 Å². The molecule has 37 heavy (non-hydrogen) atoms. The second-order valence-corrected chi connectivity index (χ2v) is 9.41. The molecule has 0 unspecified atom stereocenters. The smallest absolute Gasteiger partial charge is 0.371 e. The molecule has 3 aliphatic heterocycles. The van der Waals surface area contributed by atoms with E-state index in [1.54, 1.807) is 6.07 Å². The summed E-state index contributed by atoms with van der Waals surface area (Å²) in [6.07, 6.45) is -9.21. The van der Waals surface area contributed by atoms with E-state index >= 15 is 0 Å². The zero-order valence-corrected chi connectivity index (χ0v) is 19.7. The molecule has 1 fully saturated rings. The van der Waals surface area contributed by atoms with Crippen molar-refractivity contribution in [2.75, 3.05) is 36.4 Å². The number of halogens is 7. The molecule has 0 aliphatic carbocycles. The standard InChI is InChI=1S/C21H24FN3.C4F6O2/c1-13-4-5-19(22)20(7-13)24-16-8-14-3-2-6-25-12-15-10-23-11-18(15)17(9-16)21(14)25;5-3(6,7)1(11)2(12)4(8,9)10/h4-5,7-9,15,18,23-24H,2-3,6,10-12H2,1H3;/t15-,18-;/m1./s1. The molecule has 0 spiro atoms. The van der Waals surface area contributed by atoms with Crippen molar-refractivity contribution in [1.82, 2.24) is 5.32 Å². The summed E-state index contributed by atoms with van der Waals surface area (Å²) in [5.41, 5.74) is 6.99. The second-order valence-electron chi connectivity index (χ2n) is 9.41. The van der Waals surface area contributed by atoms with Gasteiger partial charge in [-0.2, -0.15) is 26.3 Å². The number of nitrogens with zero attached hydrogens (tertiary/aromatic N) is 1. The quantitative estimate of drug-likeness (QED) is 0.422. The molecule has 2 N–H and O–H groups in total. The van der Waals surface area contributed by atoms with Crippen LogP contribution < -0.4 is 15.5 Å². The summed E-state index contributed by atoms with van der Waals surface area (Å²) in [4.78, 5) is 21.8. The van der Waals surface area contributed by atoms with E-state index in [1.807, 2.05) is 19.1 Å². The molecule has 0 bridgehead atoms. The molecule has 2 atom stereocenters. The number of rotatable bonds is 3. The minimum Gasteiger partial charge on any atom is -0.371 e. The van der Waals surface area contributed by atoms with Crippen LogP contribution in [0.5, 0.6) is 0 Å². The first-order chi connectivity index (χ1) is 17.3. The Morgan fingerprint density at radius 3 is 2.32 bits per heavy atom. The van der Waals surface area contributed by atoms with Gasteiger partial charge in [-0.05, 0) is 66.6 Å². The summed E-state index contributed by atoms with van der Waals surface area (Å²) in [6, 6.07) is 9.73. The lowest BCUT2D eigenvalue weighted by Crippen LogP contribution is -2.41. The minimum atomic E-state index is -5.77. The van der Waals surface area contributed by atoms with Crippen LogP contribution in [0.25, 0.3) is 0 Å². The molecule has 3 aliphatic rings. The van der Waals surface area contributed by atoms with Crippen molar-refractivity contribution in [3.63, 3.8) is 0 Å². The summed E-state index contributed by atoms with van der Waals surface area (Å²) in [5.74, 6) is -5.72. The number of Topliss-reactive ketones (excluding diaryl/α,β-unsaturated/α-hetero) is 2. The SMILES string of the molecule is Cc1ccc(F)c(Nc2cc3c4c(c2)[C@@H]2CNC[C@@H]2CN4CCC3)c1.O=C(C(=O)C(F)(F)F)C(F)(F)F. The molecule has 3 heterocycles. The molecular weight excluding hydrogens is 507 g/mol. The van der Waals surface area contributed by atoms with Gasteiger partial charge in [0.15, 0.2) is 0 Å². The fourth-order valence-corrected chi connectivity index (χ4v) is 5.12. The van der Waals surface area contributed by atoms with Gasteiger partial charge in [-0.15, -0.1) is 0 Å². The summed E-state index contributed by atoms with van der Waals surface area (Å²) < 4.78 is 81.1. The molecule has 2 aromatic carbocycles. The highest BCUT2D eigenvalue weighted by Gasteiger charge is 2.54. The van der Waals surface area contributed by atoms with Crippen LogP contribution >= 0.6 is 0 Å². The zero-order chi connectivity index (χ0) is 27.1. The van der Waals surface area contributed by atoms with Gasteiger partial charge in [0.25, 0.3) is 0 Å². The van der Waals surface area contributed by atoms with Crippen LogP contribution in [-0.4, -0.2) is 50.1 Å². The number of ketones is 2. The van der Waals surface area contributed by atoms with Crippen molar-refractivity contribution in [3.05, 3.63) is 52.8 Å². The third-order valence-corrected chi connectivity index (χ3v) is 6.72. The number of hydrogen-bond acceptors (Lipinski definition) is 5. The second kappa shape index (κ2) is 9.96. The molecule has 200 valence electrons. The number of hydrogen-bond donors (Lipinski definition) is 2. The van der Waals surface area contributed by atoms with Crippen molar-refractivity contribution in [1.29, 1.82) is 0 Å². The average molecular weight is 531 g/mol. The molecule has 1 saturated heterocycles. The highest BCUT2D eigenvalue weighted by molar-refractivity contribution is 6.41. The number of nitrogens with one attached hydrogen (secondary N) is 2. The van der Waals surface area contributed by atoms with Crippen LogP contribution in [0.4, 0.5) is 47.8 Å². The maximum absolute atomic E-state index is 14.2. The van der Waals surface area contributed by atoms with Crippen LogP contribution in [0, 0.1) is 18.7 Å². The van der Waals surface area contributed by atoms with Crippen molar-refractivity contribution in [2.24, 2.45) is 5.92 Å². The Hall–Kier alpha value is -3.15. The van der Waals surface area contributed by atoms with E-state index in [0.717, 1.165) is 30.8 Å². The van der Waals surface area contributed by atoms with Gasteiger partial charge in [-0.1, -0.05) is 6.07 Å². The molecule has 0 aromatic heterocycles. The van der Waals surface area contributed by atoms with Crippen LogP contribution in [0.1, 0.15) is 29.0 Å². The maximum Gasteiger partial charge on any atom is 0.458 e. The number of aryl methyl sites for hydroxylation is 2. The van der Waals surface area contributed by atoms with Crippen molar-refractivity contribution in [3.8, 4) is 0 Å². The highest BCUT2D eigenvalue weighted by Crippen LogP contribution is 2.46. The van der Waals surface area contributed by atoms with E-state index in [1.165, 1.54) is 36.3 Å². The van der Waals surface area contributed by atoms with Gasteiger partial charge in [0.2, 0.25) is 0 Å². The third-order valence-electron chi connectivity index (χ3n) is 6.72. The topological polar surface area (TPSA) is 61.4 Å². The molecule has 12 heteroatoms. The fraction of sp³-hybridized carbons (Fsp3) is 0.440. The van der Waals surface area contributed by atoms with Gasteiger partial charge < -0.3 is 15.5 Å². The van der Waals surface area contributed by atoms with E-state index in [2.05, 4.69) is 27.7 Å². The van der Waals surface area contributed by atoms with Crippen molar-refractivity contribution in [2.45, 2.75) is 38.0 Å². The lowest BCUT2D eigenvalue weighted by atomic mass is 9.80. The monoisotopic (exact) mass is 531 g/mol. The van der Waals surface area contributed by atoms with E-state index < -0.39 is 23.9 Å². The van der Waals surface area contributed by atoms with Crippen molar-refractivity contribution < 1.29 is 40.3 Å². The van der Waals surface area contributed by atoms with Gasteiger partial charge in [-0.25, -0.2) is 4.39 Å². The Bertz CT molecular complexity index is 1190. The maximum atomic E-state index is 14.2. The summed E-state index contributed by atoms with van der Waals surface area (Å²) in [5, 5.41) is 6.91. The van der Waals surface area contributed by atoms with Crippen LogP contribution in [0.2, 0.25) is 0 Å². The lowest BCUT2D eigenvalue weighted by Gasteiger charge is -2.42. The first kappa shape index (κ1) is 26.9.